The summed E-state index contributed by atoms with van der Waals surface area (Å²) in [6.45, 7) is 3.11. The molecule has 3 nitrogen and oxygen atoms in total. The van der Waals surface area contributed by atoms with E-state index in [1.54, 1.807) is 0 Å². The first-order chi connectivity index (χ1) is 9.27. The Morgan fingerprint density at radius 1 is 0.895 bits per heavy atom. The van der Waals surface area contributed by atoms with Crippen LogP contribution in [0.1, 0.15) is 0 Å². The minimum atomic E-state index is -0.727. The highest BCUT2D eigenvalue weighted by atomic mass is 16.6. The number of ether oxygens (including phenoxy) is 1. The zero-order valence-electron chi connectivity index (χ0n) is 10.4. The number of esters is 1. The molecule has 2 aromatic rings. The molecule has 0 aliphatic carbocycles. The van der Waals surface area contributed by atoms with E-state index in [1.807, 2.05) is 12.1 Å². The van der Waals surface area contributed by atoms with Crippen molar-refractivity contribution in [2.75, 3.05) is 0 Å². The number of rotatable bonds is 3. The molecule has 0 radical (unpaired) electrons. The quantitative estimate of drug-likeness (QED) is 0.365. The molecule has 0 saturated carbocycles. The topological polar surface area (TPSA) is 43.4 Å². The van der Waals surface area contributed by atoms with E-state index in [2.05, 4.69) is 59.8 Å². The van der Waals surface area contributed by atoms with Gasteiger partial charge in [0, 0.05) is 6.08 Å². The molecule has 0 aromatic heterocycles. The first kappa shape index (κ1) is 14.4. The van der Waals surface area contributed by atoms with Crippen molar-refractivity contribution < 1.29 is 14.3 Å². The van der Waals surface area contributed by atoms with Crippen LogP contribution in [0, 0.1) is 0 Å². The maximum atomic E-state index is 9.84. The van der Waals surface area contributed by atoms with Gasteiger partial charge in [-0.25, -0.2) is 4.79 Å². The van der Waals surface area contributed by atoms with Crippen molar-refractivity contribution in [1.29, 1.82) is 0 Å². The second-order valence-corrected chi connectivity index (χ2v) is 3.47. The molecule has 0 amide bonds. The Balaban J connectivity index is 0.000000224. The summed E-state index contributed by atoms with van der Waals surface area (Å²) in [6.07, 6.45) is 0.911. The van der Waals surface area contributed by atoms with Gasteiger partial charge in [-0.2, -0.15) is 0 Å². The minimum Gasteiger partial charge on any atom is -0.392 e. The lowest BCUT2D eigenvalue weighted by atomic mass is 10.1. The lowest BCUT2D eigenvalue weighted by molar-refractivity contribution is -0.147. The molecule has 0 spiro atoms. The molecule has 2 rings (SSSR count). The molecular formula is C16H14O3. The van der Waals surface area contributed by atoms with Crippen LogP contribution in [-0.4, -0.2) is 12.4 Å². The summed E-state index contributed by atoms with van der Waals surface area (Å²) in [7, 11) is 0. The first-order valence-corrected chi connectivity index (χ1v) is 5.65. The number of benzene rings is 2. The summed E-state index contributed by atoms with van der Waals surface area (Å²) in [5.74, 6) is -0.727. The smallest absolute Gasteiger partial charge is 0.337 e. The van der Waals surface area contributed by atoms with Gasteiger partial charge in [0.1, 0.15) is 0 Å². The zero-order valence-corrected chi connectivity index (χ0v) is 10.4. The van der Waals surface area contributed by atoms with Crippen molar-refractivity contribution in [3.8, 4) is 11.1 Å². The number of hydrogen-bond donors (Lipinski definition) is 0. The van der Waals surface area contributed by atoms with E-state index < -0.39 is 5.97 Å². The maximum Gasteiger partial charge on any atom is 0.337 e. The Morgan fingerprint density at radius 3 is 1.58 bits per heavy atom. The van der Waals surface area contributed by atoms with Gasteiger partial charge in [-0.05, 0) is 11.1 Å². The third kappa shape index (κ3) is 5.46. The van der Waals surface area contributed by atoms with E-state index >= 15 is 0 Å². The summed E-state index contributed by atoms with van der Waals surface area (Å²) in [4.78, 5) is 19.1. The van der Waals surface area contributed by atoms with Gasteiger partial charge in [-0.15, -0.1) is 0 Å². The van der Waals surface area contributed by atoms with Gasteiger partial charge < -0.3 is 4.74 Å². The number of carbonyl (C=O) groups excluding carboxylic acids is 2. The molecular weight excluding hydrogens is 240 g/mol. The monoisotopic (exact) mass is 254 g/mol. The van der Waals surface area contributed by atoms with Crippen LogP contribution >= 0.6 is 0 Å². The predicted octanol–water partition coefficient (Wildman–Crippen LogP) is 3.23. The molecule has 0 aliphatic rings. The van der Waals surface area contributed by atoms with Crippen molar-refractivity contribution in [1.82, 2.24) is 0 Å². The summed E-state index contributed by atoms with van der Waals surface area (Å²) in [5, 5.41) is 0. The standard InChI is InChI=1S/C12H10.C4H4O3/c1-3-7-11(8-4-1)12-9-5-2-6-10-12;1-2-4(6)7-3-5/h1-10H;2-3H,1H2. The Labute approximate surface area is 112 Å². The van der Waals surface area contributed by atoms with E-state index in [9.17, 15) is 9.59 Å². The number of hydrogen-bond acceptors (Lipinski definition) is 3. The second kappa shape index (κ2) is 8.42. The third-order valence-corrected chi connectivity index (χ3v) is 2.21. The fraction of sp³-hybridized carbons (Fsp3) is 0. The van der Waals surface area contributed by atoms with E-state index in [0.717, 1.165) is 6.08 Å². The molecule has 96 valence electrons. The molecule has 19 heavy (non-hydrogen) atoms. The van der Waals surface area contributed by atoms with Gasteiger partial charge in [0.25, 0.3) is 0 Å². The summed E-state index contributed by atoms with van der Waals surface area (Å²) in [5.41, 5.74) is 2.55. The van der Waals surface area contributed by atoms with Crippen LogP contribution in [0.3, 0.4) is 0 Å². The van der Waals surface area contributed by atoms with Crippen molar-refractivity contribution >= 4 is 12.4 Å². The van der Waals surface area contributed by atoms with E-state index in [1.165, 1.54) is 11.1 Å². The fourth-order valence-electron chi connectivity index (χ4n) is 1.36. The molecule has 0 heterocycles. The predicted molar refractivity (Wildman–Crippen MR) is 74.2 cm³/mol. The van der Waals surface area contributed by atoms with E-state index in [0.29, 0.717) is 0 Å². The van der Waals surface area contributed by atoms with Crippen LogP contribution in [0.4, 0.5) is 0 Å². The van der Waals surface area contributed by atoms with E-state index in [4.69, 9.17) is 0 Å². The minimum absolute atomic E-state index is 0.0595. The van der Waals surface area contributed by atoms with Gasteiger partial charge >= 0.3 is 12.4 Å². The number of carbonyl (C=O) groups is 2. The maximum absolute atomic E-state index is 9.84. The van der Waals surface area contributed by atoms with Crippen molar-refractivity contribution in [2.24, 2.45) is 0 Å². The van der Waals surface area contributed by atoms with Crippen LogP contribution in [0.25, 0.3) is 11.1 Å². The Morgan fingerprint density at radius 2 is 1.32 bits per heavy atom. The highest BCUT2D eigenvalue weighted by Crippen LogP contribution is 2.17. The highest BCUT2D eigenvalue weighted by Gasteiger charge is 1.91. The molecule has 0 atom stereocenters. The summed E-state index contributed by atoms with van der Waals surface area (Å²) >= 11 is 0. The van der Waals surface area contributed by atoms with Gasteiger partial charge in [0.2, 0.25) is 0 Å². The molecule has 0 N–H and O–H groups in total. The van der Waals surface area contributed by atoms with Crippen LogP contribution in [0.2, 0.25) is 0 Å². The van der Waals surface area contributed by atoms with Crippen LogP contribution < -0.4 is 0 Å². The Bertz CT molecular complexity index is 481. The molecule has 2 aromatic carbocycles. The molecule has 0 fully saturated rings. The van der Waals surface area contributed by atoms with Gasteiger partial charge in [0.05, 0.1) is 0 Å². The van der Waals surface area contributed by atoms with Crippen LogP contribution in [0.15, 0.2) is 73.3 Å². The van der Waals surface area contributed by atoms with Crippen molar-refractivity contribution in [3.05, 3.63) is 73.3 Å². The Hall–Kier alpha value is -2.68. The first-order valence-electron chi connectivity index (χ1n) is 5.65. The fourth-order valence-corrected chi connectivity index (χ4v) is 1.36. The van der Waals surface area contributed by atoms with E-state index in [-0.39, 0.29) is 6.47 Å². The summed E-state index contributed by atoms with van der Waals surface area (Å²) < 4.78 is 3.75. The normalized spacial score (nSPS) is 8.63. The largest absolute Gasteiger partial charge is 0.392 e. The highest BCUT2D eigenvalue weighted by molar-refractivity contribution is 5.85. The van der Waals surface area contributed by atoms with Gasteiger partial charge in [-0.3, -0.25) is 4.79 Å². The van der Waals surface area contributed by atoms with Crippen LogP contribution in [-0.2, 0) is 14.3 Å². The van der Waals surface area contributed by atoms with Crippen molar-refractivity contribution in [3.63, 3.8) is 0 Å². The lowest BCUT2D eigenvalue weighted by Crippen LogP contribution is -1.95. The SMILES string of the molecule is C=CC(=O)OC=O.c1ccc(-c2ccccc2)cc1. The third-order valence-electron chi connectivity index (χ3n) is 2.21. The lowest BCUT2D eigenvalue weighted by Gasteiger charge is -1.98. The molecule has 0 unspecified atom stereocenters. The molecule has 3 heteroatoms. The van der Waals surface area contributed by atoms with Gasteiger partial charge in [-0.1, -0.05) is 67.2 Å². The second-order valence-electron chi connectivity index (χ2n) is 3.47. The average molecular weight is 254 g/mol. The molecule has 0 aliphatic heterocycles. The van der Waals surface area contributed by atoms with Crippen LogP contribution in [0.5, 0.6) is 0 Å². The van der Waals surface area contributed by atoms with Gasteiger partial charge in [0.15, 0.2) is 0 Å². The molecule has 0 saturated heterocycles. The summed E-state index contributed by atoms with van der Waals surface area (Å²) in [6, 6.07) is 20.8. The molecule has 0 bridgehead atoms. The average Bonchev–Trinajstić information content (AvgIpc) is 2.50. The Kier molecular flexibility index (Phi) is 6.37. The van der Waals surface area contributed by atoms with Crippen molar-refractivity contribution in [2.45, 2.75) is 0 Å². The zero-order chi connectivity index (χ0) is 13.9.